The normalized spacial score (nSPS) is 20.6. The first-order valence-corrected chi connectivity index (χ1v) is 7.40. The van der Waals surface area contributed by atoms with Crippen LogP contribution in [0.15, 0.2) is 18.2 Å². The van der Waals surface area contributed by atoms with Gasteiger partial charge in [-0.25, -0.2) is 0 Å². The Labute approximate surface area is 118 Å². The number of amides is 2. The Hall–Kier alpha value is -1.84. The molecule has 20 heavy (non-hydrogen) atoms. The molecule has 4 nitrogen and oxygen atoms in total. The summed E-state index contributed by atoms with van der Waals surface area (Å²) in [4.78, 5) is 22.9. The van der Waals surface area contributed by atoms with Crippen molar-refractivity contribution in [3.05, 3.63) is 34.9 Å². The Bertz CT molecular complexity index is 539. The van der Waals surface area contributed by atoms with Gasteiger partial charge < -0.3 is 10.6 Å². The second-order valence-electron chi connectivity index (χ2n) is 5.66. The molecule has 106 valence electrons. The van der Waals surface area contributed by atoms with E-state index < -0.39 is 0 Å². The molecule has 3 rings (SSSR count). The number of rotatable bonds is 4. The monoisotopic (exact) mass is 272 g/mol. The van der Waals surface area contributed by atoms with Crippen molar-refractivity contribution in [1.82, 2.24) is 10.6 Å². The summed E-state index contributed by atoms with van der Waals surface area (Å²) in [5.74, 6) is -0.0826. The molecule has 1 aromatic rings. The van der Waals surface area contributed by atoms with Gasteiger partial charge in [0.15, 0.2) is 0 Å². The number of hydrogen-bond donors (Lipinski definition) is 2. The number of carbonyl (C=O) groups excluding carboxylic acids is 2. The lowest BCUT2D eigenvalue weighted by molar-refractivity contribution is -0.125. The van der Waals surface area contributed by atoms with Crippen LogP contribution in [0.2, 0.25) is 0 Å². The highest BCUT2D eigenvalue weighted by atomic mass is 16.2. The Morgan fingerprint density at radius 2 is 2.10 bits per heavy atom. The van der Waals surface area contributed by atoms with E-state index in [1.807, 2.05) is 0 Å². The molecule has 0 saturated carbocycles. The second-order valence-corrected chi connectivity index (χ2v) is 5.66. The second kappa shape index (κ2) is 5.65. The summed E-state index contributed by atoms with van der Waals surface area (Å²) in [5, 5.41) is 5.59. The van der Waals surface area contributed by atoms with Crippen LogP contribution in [0, 0.1) is 0 Å². The third-order valence-corrected chi connectivity index (χ3v) is 4.19. The third kappa shape index (κ3) is 2.84. The van der Waals surface area contributed by atoms with Crippen molar-refractivity contribution in [3.8, 4) is 0 Å². The minimum atomic E-state index is -0.331. The van der Waals surface area contributed by atoms with E-state index in [0.29, 0.717) is 19.4 Å². The summed E-state index contributed by atoms with van der Waals surface area (Å²) in [6.45, 7) is 0.629. The van der Waals surface area contributed by atoms with E-state index in [9.17, 15) is 9.59 Å². The van der Waals surface area contributed by atoms with Crippen molar-refractivity contribution >= 4 is 11.8 Å². The minimum Gasteiger partial charge on any atom is -0.354 e. The largest absolute Gasteiger partial charge is 0.354 e. The highest BCUT2D eigenvalue weighted by molar-refractivity contribution is 5.90. The Balaban J connectivity index is 1.48. The number of aryl methyl sites for hydroxylation is 2. The van der Waals surface area contributed by atoms with Crippen molar-refractivity contribution in [2.24, 2.45) is 0 Å². The van der Waals surface area contributed by atoms with Crippen LogP contribution in [-0.2, 0) is 28.9 Å². The Kier molecular flexibility index (Phi) is 3.72. The average molecular weight is 272 g/mol. The fourth-order valence-corrected chi connectivity index (χ4v) is 3.04. The fraction of sp³-hybridized carbons (Fsp3) is 0.500. The third-order valence-electron chi connectivity index (χ3n) is 4.19. The van der Waals surface area contributed by atoms with Crippen LogP contribution in [0.5, 0.6) is 0 Å². The predicted molar refractivity (Wildman–Crippen MR) is 76.3 cm³/mol. The zero-order valence-corrected chi connectivity index (χ0v) is 11.6. The van der Waals surface area contributed by atoms with Gasteiger partial charge in [-0.1, -0.05) is 18.2 Å². The van der Waals surface area contributed by atoms with E-state index in [1.165, 1.54) is 36.0 Å². The molecule has 1 atom stereocenters. The van der Waals surface area contributed by atoms with Crippen LogP contribution < -0.4 is 10.6 Å². The van der Waals surface area contributed by atoms with E-state index in [4.69, 9.17) is 0 Å². The average Bonchev–Trinajstić information content (AvgIpc) is 3.06. The molecule has 1 unspecified atom stereocenters. The highest BCUT2D eigenvalue weighted by Gasteiger charge is 2.26. The number of hydrogen-bond acceptors (Lipinski definition) is 2. The van der Waals surface area contributed by atoms with Crippen molar-refractivity contribution in [2.45, 2.75) is 44.6 Å². The van der Waals surface area contributed by atoms with E-state index in [-0.39, 0.29) is 17.9 Å². The number of carbonyl (C=O) groups is 2. The van der Waals surface area contributed by atoms with Gasteiger partial charge in [-0.05, 0) is 48.8 Å². The van der Waals surface area contributed by atoms with Crippen molar-refractivity contribution in [3.63, 3.8) is 0 Å². The van der Waals surface area contributed by atoms with E-state index in [2.05, 4.69) is 28.8 Å². The maximum Gasteiger partial charge on any atom is 0.242 e. The van der Waals surface area contributed by atoms with Crippen LogP contribution in [0.4, 0.5) is 0 Å². The van der Waals surface area contributed by atoms with Crippen molar-refractivity contribution in [2.75, 3.05) is 6.54 Å². The number of nitrogens with one attached hydrogen (secondary N) is 2. The Morgan fingerprint density at radius 3 is 2.90 bits per heavy atom. The first kappa shape index (κ1) is 13.2. The molecular formula is C16H20N2O2. The lowest BCUT2D eigenvalue weighted by Gasteiger charge is -2.11. The molecule has 1 fully saturated rings. The quantitative estimate of drug-likeness (QED) is 0.862. The summed E-state index contributed by atoms with van der Waals surface area (Å²) in [7, 11) is 0. The van der Waals surface area contributed by atoms with Gasteiger partial charge >= 0.3 is 0 Å². The Morgan fingerprint density at radius 1 is 1.25 bits per heavy atom. The molecule has 1 saturated heterocycles. The van der Waals surface area contributed by atoms with Gasteiger partial charge in [-0.3, -0.25) is 9.59 Å². The lowest BCUT2D eigenvalue weighted by atomic mass is 10.0. The van der Waals surface area contributed by atoms with E-state index >= 15 is 0 Å². The van der Waals surface area contributed by atoms with Gasteiger partial charge in [0, 0.05) is 13.0 Å². The number of benzene rings is 1. The summed E-state index contributed by atoms with van der Waals surface area (Å²) in [6, 6.07) is 6.32. The fourth-order valence-electron chi connectivity index (χ4n) is 3.04. The molecule has 1 heterocycles. The van der Waals surface area contributed by atoms with E-state index in [1.54, 1.807) is 0 Å². The molecule has 0 bridgehead atoms. The summed E-state index contributed by atoms with van der Waals surface area (Å²) in [6.07, 6.45) is 5.57. The SMILES string of the molecule is O=C1CCC(C(=O)NCCc2ccc3c(c2)CCC3)N1. The first-order valence-electron chi connectivity index (χ1n) is 7.40. The summed E-state index contributed by atoms with van der Waals surface area (Å²) < 4.78 is 0. The summed E-state index contributed by atoms with van der Waals surface area (Å²) >= 11 is 0. The standard InChI is InChI=1S/C16H20N2O2/c19-15-7-6-14(18-15)16(20)17-9-8-11-4-5-12-2-1-3-13(12)10-11/h4-5,10,14H,1-3,6-9H2,(H,17,20)(H,18,19). The summed E-state index contributed by atoms with van der Waals surface area (Å²) in [5.41, 5.74) is 4.23. The van der Waals surface area contributed by atoms with Gasteiger partial charge in [-0.2, -0.15) is 0 Å². The lowest BCUT2D eigenvalue weighted by Crippen LogP contribution is -2.42. The molecule has 2 N–H and O–H groups in total. The maximum absolute atomic E-state index is 11.8. The van der Waals surface area contributed by atoms with Crippen LogP contribution in [0.1, 0.15) is 36.0 Å². The minimum absolute atomic E-state index is 0.0243. The van der Waals surface area contributed by atoms with Crippen LogP contribution in [0.3, 0.4) is 0 Å². The topological polar surface area (TPSA) is 58.2 Å². The van der Waals surface area contributed by atoms with Gasteiger partial charge in [0.1, 0.15) is 6.04 Å². The highest BCUT2D eigenvalue weighted by Crippen LogP contribution is 2.22. The van der Waals surface area contributed by atoms with Crippen molar-refractivity contribution < 1.29 is 9.59 Å². The van der Waals surface area contributed by atoms with Gasteiger partial charge in [0.2, 0.25) is 11.8 Å². The molecular weight excluding hydrogens is 252 g/mol. The zero-order valence-electron chi connectivity index (χ0n) is 11.6. The molecule has 4 heteroatoms. The van der Waals surface area contributed by atoms with Crippen LogP contribution in [0.25, 0.3) is 0 Å². The molecule has 1 aliphatic carbocycles. The zero-order chi connectivity index (χ0) is 13.9. The smallest absolute Gasteiger partial charge is 0.242 e. The predicted octanol–water partition coefficient (Wildman–Crippen LogP) is 1.11. The molecule has 2 aliphatic rings. The molecule has 2 amide bonds. The molecule has 0 spiro atoms. The molecule has 0 radical (unpaired) electrons. The van der Waals surface area contributed by atoms with Gasteiger partial charge in [-0.15, -0.1) is 0 Å². The van der Waals surface area contributed by atoms with Gasteiger partial charge in [0.25, 0.3) is 0 Å². The van der Waals surface area contributed by atoms with Crippen molar-refractivity contribution in [1.29, 1.82) is 0 Å². The van der Waals surface area contributed by atoms with Gasteiger partial charge in [0.05, 0.1) is 0 Å². The first-order chi connectivity index (χ1) is 9.72. The number of fused-ring (bicyclic) bond motifs is 1. The molecule has 1 aliphatic heterocycles. The van der Waals surface area contributed by atoms with E-state index in [0.717, 1.165) is 6.42 Å². The maximum atomic E-state index is 11.8. The molecule has 1 aromatic carbocycles. The molecule has 0 aromatic heterocycles. The van der Waals surface area contributed by atoms with Crippen LogP contribution >= 0.6 is 0 Å². The van der Waals surface area contributed by atoms with Crippen LogP contribution in [-0.4, -0.2) is 24.4 Å².